The zero-order valence-electron chi connectivity index (χ0n) is 12.7. The number of amides is 1. The van der Waals surface area contributed by atoms with Gasteiger partial charge in [-0.25, -0.2) is 4.39 Å². The van der Waals surface area contributed by atoms with Crippen LogP contribution in [0.1, 0.15) is 33.5 Å². The summed E-state index contributed by atoms with van der Waals surface area (Å²) >= 11 is 0. The van der Waals surface area contributed by atoms with Crippen molar-refractivity contribution in [1.82, 2.24) is 0 Å². The van der Waals surface area contributed by atoms with Crippen LogP contribution in [0.15, 0.2) is 30.3 Å². The number of carbonyl (C=O) groups is 1. The van der Waals surface area contributed by atoms with Crippen LogP contribution >= 0.6 is 0 Å². The SMILES string of the molecule is Cc1ccc(NC(=O)c2ccc(F)c3c2OCCC3)cc1C. The largest absolute Gasteiger partial charge is 0.492 e. The topological polar surface area (TPSA) is 38.3 Å². The first-order valence-corrected chi connectivity index (χ1v) is 7.39. The molecule has 0 aromatic heterocycles. The minimum Gasteiger partial charge on any atom is -0.492 e. The number of carbonyl (C=O) groups excluding carboxylic acids is 1. The summed E-state index contributed by atoms with van der Waals surface area (Å²) in [6, 6.07) is 8.56. The minimum atomic E-state index is -0.308. The first-order valence-electron chi connectivity index (χ1n) is 7.39. The van der Waals surface area contributed by atoms with E-state index in [4.69, 9.17) is 4.74 Å². The maximum atomic E-state index is 13.8. The molecule has 0 bridgehead atoms. The average Bonchev–Trinajstić information content (AvgIpc) is 2.51. The highest BCUT2D eigenvalue weighted by atomic mass is 19.1. The van der Waals surface area contributed by atoms with Gasteiger partial charge >= 0.3 is 0 Å². The molecule has 22 heavy (non-hydrogen) atoms. The van der Waals surface area contributed by atoms with Crippen LogP contribution in [0.25, 0.3) is 0 Å². The highest BCUT2D eigenvalue weighted by Crippen LogP contribution is 2.31. The second kappa shape index (κ2) is 5.79. The molecule has 2 aromatic rings. The van der Waals surface area contributed by atoms with Crippen LogP contribution in [0.4, 0.5) is 10.1 Å². The molecule has 1 N–H and O–H groups in total. The summed E-state index contributed by atoms with van der Waals surface area (Å²) in [6.45, 7) is 4.53. The Morgan fingerprint density at radius 3 is 2.77 bits per heavy atom. The van der Waals surface area contributed by atoms with E-state index in [1.54, 1.807) is 0 Å². The molecule has 114 valence electrons. The molecule has 0 radical (unpaired) electrons. The Morgan fingerprint density at radius 1 is 1.18 bits per heavy atom. The summed E-state index contributed by atoms with van der Waals surface area (Å²) in [7, 11) is 0. The van der Waals surface area contributed by atoms with E-state index in [-0.39, 0.29) is 11.7 Å². The molecule has 3 rings (SSSR count). The second-order valence-electron chi connectivity index (χ2n) is 5.61. The van der Waals surface area contributed by atoms with E-state index in [1.807, 2.05) is 32.0 Å². The summed E-state index contributed by atoms with van der Waals surface area (Å²) in [5, 5.41) is 2.85. The molecule has 0 spiro atoms. The van der Waals surface area contributed by atoms with Gasteiger partial charge in [0.25, 0.3) is 5.91 Å². The predicted octanol–water partition coefficient (Wildman–Crippen LogP) is 4.02. The van der Waals surface area contributed by atoms with Crippen molar-refractivity contribution in [3.8, 4) is 5.75 Å². The Kier molecular flexibility index (Phi) is 3.84. The van der Waals surface area contributed by atoms with Crippen molar-refractivity contribution in [3.63, 3.8) is 0 Å². The smallest absolute Gasteiger partial charge is 0.259 e. The molecule has 3 nitrogen and oxygen atoms in total. The zero-order chi connectivity index (χ0) is 15.7. The zero-order valence-corrected chi connectivity index (χ0v) is 12.7. The number of hydrogen-bond acceptors (Lipinski definition) is 2. The Balaban J connectivity index is 1.91. The molecular weight excluding hydrogens is 281 g/mol. The van der Waals surface area contributed by atoms with Gasteiger partial charge in [0.2, 0.25) is 0 Å². The van der Waals surface area contributed by atoms with Crippen LogP contribution in [0.2, 0.25) is 0 Å². The van der Waals surface area contributed by atoms with Crippen LogP contribution in [0.5, 0.6) is 5.75 Å². The lowest BCUT2D eigenvalue weighted by molar-refractivity contribution is 0.102. The Morgan fingerprint density at radius 2 is 2.00 bits per heavy atom. The highest BCUT2D eigenvalue weighted by molar-refractivity contribution is 6.06. The number of nitrogens with one attached hydrogen (secondary N) is 1. The number of ether oxygens (including phenoxy) is 1. The summed E-state index contributed by atoms with van der Waals surface area (Å²) in [4.78, 5) is 12.5. The molecule has 2 aromatic carbocycles. The van der Waals surface area contributed by atoms with Gasteiger partial charge in [-0.15, -0.1) is 0 Å². The normalized spacial score (nSPS) is 13.2. The number of anilines is 1. The summed E-state index contributed by atoms with van der Waals surface area (Å²) in [5.74, 6) is -0.202. The fraction of sp³-hybridized carbons (Fsp3) is 0.278. The van der Waals surface area contributed by atoms with Crippen LogP contribution in [-0.4, -0.2) is 12.5 Å². The Hall–Kier alpha value is -2.36. The number of halogens is 1. The van der Waals surface area contributed by atoms with Crippen molar-refractivity contribution in [2.24, 2.45) is 0 Å². The lowest BCUT2D eigenvalue weighted by Crippen LogP contribution is -2.18. The predicted molar refractivity (Wildman–Crippen MR) is 84.1 cm³/mol. The van der Waals surface area contributed by atoms with Crippen LogP contribution in [0.3, 0.4) is 0 Å². The molecule has 0 saturated carbocycles. The maximum Gasteiger partial charge on any atom is 0.259 e. The van der Waals surface area contributed by atoms with Crippen molar-refractivity contribution in [2.75, 3.05) is 11.9 Å². The fourth-order valence-corrected chi connectivity index (χ4v) is 2.62. The summed E-state index contributed by atoms with van der Waals surface area (Å²) in [6.07, 6.45) is 1.37. The number of rotatable bonds is 2. The van der Waals surface area contributed by atoms with E-state index in [2.05, 4.69) is 5.32 Å². The van der Waals surface area contributed by atoms with E-state index in [9.17, 15) is 9.18 Å². The molecule has 1 heterocycles. The quantitative estimate of drug-likeness (QED) is 0.909. The third kappa shape index (κ3) is 2.69. The van der Waals surface area contributed by atoms with Gasteiger partial charge in [-0.05, 0) is 62.1 Å². The molecule has 1 amide bonds. The summed E-state index contributed by atoms with van der Waals surface area (Å²) in [5.41, 5.74) is 3.88. The van der Waals surface area contributed by atoms with Gasteiger partial charge in [-0.2, -0.15) is 0 Å². The monoisotopic (exact) mass is 299 g/mol. The van der Waals surface area contributed by atoms with Gasteiger partial charge in [0, 0.05) is 11.3 Å². The van der Waals surface area contributed by atoms with Crippen molar-refractivity contribution >= 4 is 11.6 Å². The van der Waals surface area contributed by atoms with Crippen LogP contribution in [0, 0.1) is 19.7 Å². The molecule has 0 atom stereocenters. The maximum absolute atomic E-state index is 13.8. The van der Waals surface area contributed by atoms with Gasteiger partial charge in [0.15, 0.2) is 0 Å². The van der Waals surface area contributed by atoms with E-state index >= 15 is 0 Å². The van der Waals surface area contributed by atoms with Gasteiger partial charge < -0.3 is 10.1 Å². The third-order valence-electron chi connectivity index (χ3n) is 4.03. The van der Waals surface area contributed by atoms with E-state index < -0.39 is 0 Å². The van der Waals surface area contributed by atoms with Crippen molar-refractivity contribution in [2.45, 2.75) is 26.7 Å². The lowest BCUT2D eigenvalue weighted by Gasteiger charge is -2.20. The fourth-order valence-electron chi connectivity index (χ4n) is 2.62. The standard InChI is InChI=1S/C18H18FNO2/c1-11-5-6-13(10-12(11)2)20-18(21)15-7-8-16(19)14-4-3-9-22-17(14)15/h5-8,10H,3-4,9H2,1-2H3,(H,20,21). The second-order valence-corrected chi connectivity index (χ2v) is 5.61. The van der Waals surface area contributed by atoms with Crippen LogP contribution in [-0.2, 0) is 6.42 Å². The molecule has 0 fully saturated rings. The van der Waals surface area contributed by atoms with E-state index in [0.29, 0.717) is 29.9 Å². The first kappa shape index (κ1) is 14.6. The Labute approximate surface area is 129 Å². The average molecular weight is 299 g/mol. The number of hydrogen-bond donors (Lipinski definition) is 1. The van der Waals surface area contributed by atoms with Gasteiger partial charge in [-0.3, -0.25) is 4.79 Å². The van der Waals surface area contributed by atoms with Crippen LogP contribution < -0.4 is 10.1 Å². The van der Waals surface area contributed by atoms with E-state index in [1.165, 1.54) is 17.7 Å². The van der Waals surface area contributed by atoms with Gasteiger partial charge in [0.05, 0.1) is 12.2 Å². The Bertz CT molecular complexity index is 740. The number of benzene rings is 2. The molecule has 1 aliphatic rings. The van der Waals surface area contributed by atoms with E-state index in [0.717, 1.165) is 17.7 Å². The van der Waals surface area contributed by atoms with Crippen molar-refractivity contribution in [1.29, 1.82) is 0 Å². The van der Waals surface area contributed by atoms with Crippen molar-refractivity contribution < 1.29 is 13.9 Å². The third-order valence-corrected chi connectivity index (χ3v) is 4.03. The van der Waals surface area contributed by atoms with Crippen molar-refractivity contribution in [3.05, 3.63) is 58.4 Å². The first-order chi connectivity index (χ1) is 10.6. The van der Waals surface area contributed by atoms with Gasteiger partial charge in [0.1, 0.15) is 11.6 Å². The molecule has 0 saturated heterocycles. The molecule has 4 heteroatoms. The molecular formula is C18H18FNO2. The lowest BCUT2D eigenvalue weighted by atomic mass is 10.0. The summed E-state index contributed by atoms with van der Waals surface area (Å²) < 4.78 is 19.4. The number of aryl methyl sites for hydroxylation is 2. The molecule has 0 unspecified atom stereocenters. The molecule has 1 aliphatic heterocycles. The minimum absolute atomic E-state index is 0.276. The van der Waals surface area contributed by atoms with Gasteiger partial charge in [-0.1, -0.05) is 6.07 Å². The number of fused-ring (bicyclic) bond motifs is 1. The highest BCUT2D eigenvalue weighted by Gasteiger charge is 2.22. The molecule has 0 aliphatic carbocycles.